The summed E-state index contributed by atoms with van der Waals surface area (Å²) in [5.74, 6) is 1.68. The summed E-state index contributed by atoms with van der Waals surface area (Å²) in [6.45, 7) is 11.2. The summed E-state index contributed by atoms with van der Waals surface area (Å²) in [7, 11) is 1.65. The molecule has 0 saturated heterocycles. The van der Waals surface area contributed by atoms with Gasteiger partial charge < -0.3 is 9.30 Å². The standard InChI is InChI=1S/C24H29N3O2S/c1-7-27-22(18-10-14-20(29-6)15-11-18)25-26-23(27)30-16(2)21(28)17-8-12-19(13-9-17)24(3,4)5/h8-16H,7H2,1-6H3/t16-/m1/s1. The number of carbonyl (C=O) groups excluding carboxylic acids is 1. The van der Waals surface area contributed by atoms with Crippen molar-refractivity contribution in [1.82, 2.24) is 14.8 Å². The first-order valence-electron chi connectivity index (χ1n) is 10.1. The predicted octanol–water partition coefficient (Wildman–Crippen LogP) is 5.63. The minimum absolute atomic E-state index is 0.0668. The summed E-state index contributed by atoms with van der Waals surface area (Å²) >= 11 is 1.45. The number of benzene rings is 2. The van der Waals surface area contributed by atoms with Crippen LogP contribution < -0.4 is 4.74 Å². The highest BCUT2D eigenvalue weighted by Crippen LogP contribution is 2.30. The van der Waals surface area contributed by atoms with Crippen LogP contribution in [0.15, 0.2) is 53.7 Å². The van der Waals surface area contributed by atoms with Gasteiger partial charge in [0.1, 0.15) is 5.75 Å². The number of thioether (sulfide) groups is 1. The molecule has 6 heteroatoms. The first-order chi connectivity index (χ1) is 14.2. The number of ketones is 1. The van der Waals surface area contributed by atoms with Crippen molar-refractivity contribution < 1.29 is 9.53 Å². The number of methoxy groups -OCH3 is 1. The molecule has 0 radical (unpaired) electrons. The first-order valence-corrected chi connectivity index (χ1v) is 11.0. The second-order valence-electron chi connectivity index (χ2n) is 8.23. The van der Waals surface area contributed by atoms with Crippen molar-refractivity contribution in [3.05, 3.63) is 59.7 Å². The van der Waals surface area contributed by atoms with Crippen LogP contribution in [0.5, 0.6) is 5.75 Å². The lowest BCUT2D eigenvalue weighted by Crippen LogP contribution is -2.16. The molecule has 3 aromatic rings. The van der Waals surface area contributed by atoms with Crippen LogP contribution in [0.1, 0.15) is 50.5 Å². The maximum atomic E-state index is 13.0. The van der Waals surface area contributed by atoms with Crippen molar-refractivity contribution in [3.8, 4) is 17.1 Å². The van der Waals surface area contributed by atoms with Gasteiger partial charge in [0.25, 0.3) is 0 Å². The molecule has 1 atom stereocenters. The van der Waals surface area contributed by atoms with Crippen LogP contribution in [0.3, 0.4) is 0 Å². The lowest BCUT2D eigenvalue weighted by Gasteiger charge is -2.19. The normalized spacial score (nSPS) is 12.6. The third-order valence-corrected chi connectivity index (χ3v) is 6.15. The van der Waals surface area contributed by atoms with Crippen molar-refractivity contribution in [1.29, 1.82) is 0 Å². The average Bonchev–Trinajstić information content (AvgIpc) is 3.15. The molecule has 2 aromatic carbocycles. The lowest BCUT2D eigenvalue weighted by atomic mass is 9.86. The quantitative estimate of drug-likeness (QED) is 0.364. The fourth-order valence-electron chi connectivity index (χ4n) is 3.20. The number of hydrogen-bond donors (Lipinski definition) is 0. The Morgan fingerprint density at radius 3 is 2.23 bits per heavy atom. The molecule has 0 amide bonds. The van der Waals surface area contributed by atoms with E-state index in [4.69, 9.17) is 4.74 Å². The van der Waals surface area contributed by atoms with Crippen LogP contribution in [0.25, 0.3) is 11.4 Å². The number of aromatic nitrogens is 3. The van der Waals surface area contributed by atoms with Gasteiger partial charge in [-0.3, -0.25) is 4.79 Å². The first kappa shape index (κ1) is 22.1. The van der Waals surface area contributed by atoms with E-state index in [9.17, 15) is 4.79 Å². The Labute approximate surface area is 182 Å². The second-order valence-corrected chi connectivity index (χ2v) is 9.54. The summed E-state index contributed by atoms with van der Waals surface area (Å²) in [4.78, 5) is 13.0. The Kier molecular flexibility index (Phi) is 6.66. The molecule has 158 valence electrons. The predicted molar refractivity (Wildman–Crippen MR) is 122 cm³/mol. The fourth-order valence-corrected chi connectivity index (χ4v) is 4.19. The minimum atomic E-state index is -0.260. The largest absolute Gasteiger partial charge is 0.497 e. The van der Waals surface area contributed by atoms with E-state index >= 15 is 0 Å². The molecule has 0 saturated carbocycles. The molecule has 0 N–H and O–H groups in total. The Balaban J connectivity index is 1.78. The Bertz CT molecular complexity index is 1000. The maximum Gasteiger partial charge on any atom is 0.192 e. The van der Waals surface area contributed by atoms with Crippen LogP contribution in [-0.4, -0.2) is 32.9 Å². The van der Waals surface area contributed by atoms with Crippen LogP contribution in [0.4, 0.5) is 0 Å². The highest BCUT2D eigenvalue weighted by atomic mass is 32.2. The van der Waals surface area contributed by atoms with E-state index in [1.54, 1.807) is 7.11 Å². The van der Waals surface area contributed by atoms with Gasteiger partial charge in [-0.1, -0.05) is 56.8 Å². The Morgan fingerprint density at radius 2 is 1.70 bits per heavy atom. The number of hydrogen-bond acceptors (Lipinski definition) is 5. The van der Waals surface area contributed by atoms with Crippen molar-refractivity contribution in [2.75, 3.05) is 7.11 Å². The topological polar surface area (TPSA) is 57.0 Å². The highest BCUT2D eigenvalue weighted by Gasteiger charge is 2.22. The Hall–Kier alpha value is -2.60. The SMILES string of the molecule is CCn1c(S[C@H](C)C(=O)c2ccc(C(C)(C)C)cc2)nnc1-c1ccc(OC)cc1. The molecule has 0 spiro atoms. The summed E-state index contributed by atoms with van der Waals surface area (Å²) in [5.41, 5.74) is 2.97. The number of Topliss-reactive ketones (excluding diaryl/α,β-unsaturated/α-hetero) is 1. The fraction of sp³-hybridized carbons (Fsp3) is 0.375. The summed E-state index contributed by atoms with van der Waals surface area (Å²) in [5, 5.41) is 9.22. The molecule has 0 aliphatic rings. The van der Waals surface area contributed by atoms with Gasteiger partial charge in [0.05, 0.1) is 12.4 Å². The zero-order chi connectivity index (χ0) is 21.9. The number of nitrogens with zero attached hydrogens (tertiary/aromatic N) is 3. The molecule has 30 heavy (non-hydrogen) atoms. The van der Waals surface area contributed by atoms with E-state index in [1.165, 1.54) is 17.3 Å². The molecule has 0 aliphatic heterocycles. The molecule has 1 aromatic heterocycles. The van der Waals surface area contributed by atoms with Crippen LogP contribution in [0.2, 0.25) is 0 Å². The Morgan fingerprint density at radius 1 is 1.07 bits per heavy atom. The monoisotopic (exact) mass is 423 g/mol. The van der Waals surface area contributed by atoms with E-state index in [0.717, 1.165) is 34.4 Å². The van der Waals surface area contributed by atoms with Crippen LogP contribution in [-0.2, 0) is 12.0 Å². The van der Waals surface area contributed by atoms with E-state index < -0.39 is 0 Å². The average molecular weight is 424 g/mol. The molecular weight excluding hydrogens is 394 g/mol. The molecule has 0 aliphatic carbocycles. The van der Waals surface area contributed by atoms with Gasteiger partial charge >= 0.3 is 0 Å². The second kappa shape index (κ2) is 9.04. The zero-order valence-corrected chi connectivity index (χ0v) is 19.3. The molecule has 3 rings (SSSR count). The molecule has 5 nitrogen and oxygen atoms in total. The highest BCUT2D eigenvalue weighted by molar-refractivity contribution is 8.00. The van der Waals surface area contributed by atoms with Gasteiger partial charge in [0, 0.05) is 17.7 Å². The van der Waals surface area contributed by atoms with Crippen LogP contribution in [0, 0.1) is 0 Å². The minimum Gasteiger partial charge on any atom is -0.497 e. The molecule has 1 heterocycles. The molecular formula is C24H29N3O2S. The molecule has 0 unspecified atom stereocenters. The van der Waals surface area contributed by atoms with Gasteiger partial charge in [-0.15, -0.1) is 10.2 Å². The lowest BCUT2D eigenvalue weighted by molar-refractivity contribution is 0.0993. The summed E-state index contributed by atoms with van der Waals surface area (Å²) in [6.07, 6.45) is 0. The third kappa shape index (κ3) is 4.75. The zero-order valence-electron chi connectivity index (χ0n) is 18.5. The maximum absolute atomic E-state index is 13.0. The van der Waals surface area contributed by atoms with Gasteiger partial charge in [-0.2, -0.15) is 0 Å². The molecule has 0 bridgehead atoms. The van der Waals surface area contributed by atoms with Crippen molar-refractivity contribution >= 4 is 17.5 Å². The summed E-state index contributed by atoms with van der Waals surface area (Å²) in [6, 6.07) is 15.7. The van der Waals surface area contributed by atoms with Crippen molar-refractivity contribution in [2.24, 2.45) is 0 Å². The smallest absolute Gasteiger partial charge is 0.192 e. The van der Waals surface area contributed by atoms with Crippen molar-refractivity contribution in [2.45, 2.75) is 57.0 Å². The molecule has 0 fully saturated rings. The van der Waals surface area contributed by atoms with Gasteiger partial charge in [0.2, 0.25) is 0 Å². The van der Waals surface area contributed by atoms with E-state index in [2.05, 4.69) is 37.9 Å². The van der Waals surface area contributed by atoms with E-state index in [0.29, 0.717) is 0 Å². The van der Waals surface area contributed by atoms with E-state index in [-0.39, 0.29) is 16.4 Å². The summed E-state index contributed by atoms with van der Waals surface area (Å²) < 4.78 is 7.27. The number of ether oxygens (including phenoxy) is 1. The third-order valence-electron chi connectivity index (χ3n) is 5.07. The van der Waals surface area contributed by atoms with Gasteiger partial charge in [0.15, 0.2) is 16.8 Å². The van der Waals surface area contributed by atoms with Crippen molar-refractivity contribution in [3.63, 3.8) is 0 Å². The van der Waals surface area contributed by atoms with E-state index in [1.807, 2.05) is 60.0 Å². The van der Waals surface area contributed by atoms with Crippen LogP contribution >= 0.6 is 11.8 Å². The van der Waals surface area contributed by atoms with Gasteiger partial charge in [-0.25, -0.2) is 0 Å². The van der Waals surface area contributed by atoms with Gasteiger partial charge in [-0.05, 0) is 49.1 Å². The number of carbonyl (C=O) groups is 1. The number of rotatable bonds is 7.